The van der Waals surface area contributed by atoms with Crippen molar-refractivity contribution in [1.82, 2.24) is 9.03 Å². The minimum atomic E-state index is -3.29. The summed E-state index contributed by atoms with van der Waals surface area (Å²) in [7, 11) is -3.29. The van der Waals surface area contributed by atoms with E-state index in [1.807, 2.05) is 0 Å². The molecule has 1 heterocycles. The van der Waals surface area contributed by atoms with Gasteiger partial charge in [0, 0.05) is 25.7 Å². The Morgan fingerprint density at radius 2 is 1.67 bits per heavy atom. The predicted octanol–water partition coefficient (Wildman–Crippen LogP) is 0.858. The van der Waals surface area contributed by atoms with Crippen molar-refractivity contribution in [2.24, 2.45) is 5.92 Å². The fourth-order valence-electron chi connectivity index (χ4n) is 2.85. The lowest BCUT2D eigenvalue weighted by Crippen LogP contribution is -2.48. The zero-order valence-electron chi connectivity index (χ0n) is 10.8. The first-order valence-electron chi connectivity index (χ1n) is 7.00. The highest BCUT2D eigenvalue weighted by Gasteiger charge is 2.29. The first-order valence-corrected chi connectivity index (χ1v) is 8.44. The van der Waals surface area contributed by atoms with Crippen LogP contribution in [0, 0.1) is 5.92 Å². The molecule has 2 fully saturated rings. The molecule has 0 amide bonds. The Bertz CT molecular complexity index is 344. The van der Waals surface area contributed by atoms with E-state index in [1.165, 1.54) is 0 Å². The molecule has 6 heteroatoms. The van der Waals surface area contributed by atoms with Gasteiger partial charge >= 0.3 is 0 Å². The minimum Gasteiger partial charge on any atom is -0.396 e. The standard InChI is InChI=1S/C12H24N2O3S/c15-10-11-4-6-12(7-5-11)13-18(16,17)14-8-2-1-3-9-14/h11-13,15H,1-10H2. The summed E-state index contributed by atoms with van der Waals surface area (Å²) in [4.78, 5) is 0. The summed E-state index contributed by atoms with van der Waals surface area (Å²) < 4.78 is 28.7. The number of rotatable bonds is 4. The molecule has 106 valence electrons. The van der Waals surface area contributed by atoms with Crippen molar-refractivity contribution in [3.8, 4) is 0 Å². The van der Waals surface area contributed by atoms with E-state index < -0.39 is 10.2 Å². The number of hydrogen-bond acceptors (Lipinski definition) is 3. The third kappa shape index (κ3) is 3.66. The lowest BCUT2D eigenvalue weighted by molar-refractivity contribution is 0.179. The molecular weight excluding hydrogens is 252 g/mol. The van der Waals surface area contributed by atoms with Gasteiger partial charge < -0.3 is 5.11 Å². The molecule has 0 aromatic rings. The minimum absolute atomic E-state index is 0.0553. The second-order valence-electron chi connectivity index (χ2n) is 5.48. The maximum absolute atomic E-state index is 12.2. The fourth-order valence-corrected chi connectivity index (χ4v) is 4.40. The van der Waals surface area contributed by atoms with Gasteiger partial charge in [-0.25, -0.2) is 0 Å². The summed E-state index contributed by atoms with van der Waals surface area (Å²) in [5, 5.41) is 9.07. The SMILES string of the molecule is O=S(=O)(NC1CCC(CO)CC1)N1CCCCC1. The molecule has 2 N–H and O–H groups in total. The van der Waals surface area contributed by atoms with E-state index in [9.17, 15) is 8.42 Å². The monoisotopic (exact) mass is 276 g/mol. The first kappa shape index (κ1) is 14.2. The zero-order chi connectivity index (χ0) is 13.0. The number of nitrogens with zero attached hydrogens (tertiary/aromatic N) is 1. The van der Waals surface area contributed by atoms with Crippen molar-refractivity contribution in [2.45, 2.75) is 51.0 Å². The molecule has 0 atom stereocenters. The van der Waals surface area contributed by atoms with E-state index in [-0.39, 0.29) is 12.6 Å². The fraction of sp³-hybridized carbons (Fsp3) is 1.00. The van der Waals surface area contributed by atoms with Crippen molar-refractivity contribution >= 4 is 10.2 Å². The van der Waals surface area contributed by atoms with Crippen LogP contribution in [0.5, 0.6) is 0 Å². The largest absolute Gasteiger partial charge is 0.396 e. The van der Waals surface area contributed by atoms with E-state index in [2.05, 4.69) is 4.72 Å². The van der Waals surface area contributed by atoms with Gasteiger partial charge in [-0.15, -0.1) is 0 Å². The summed E-state index contributed by atoms with van der Waals surface area (Å²) >= 11 is 0. The molecule has 1 saturated heterocycles. The molecule has 0 bridgehead atoms. The Balaban J connectivity index is 1.84. The van der Waals surface area contributed by atoms with Crippen LogP contribution in [0.3, 0.4) is 0 Å². The zero-order valence-corrected chi connectivity index (χ0v) is 11.7. The Kier molecular flexibility index (Phi) is 5.00. The maximum atomic E-state index is 12.2. The van der Waals surface area contributed by atoms with Crippen LogP contribution in [0.1, 0.15) is 44.9 Å². The normalized spacial score (nSPS) is 31.4. The van der Waals surface area contributed by atoms with Crippen LogP contribution in [-0.2, 0) is 10.2 Å². The number of hydrogen-bond donors (Lipinski definition) is 2. The van der Waals surface area contributed by atoms with Crippen molar-refractivity contribution < 1.29 is 13.5 Å². The molecule has 1 aliphatic carbocycles. The molecule has 0 aromatic carbocycles. The molecule has 1 saturated carbocycles. The molecule has 0 spiro atoms. The molecule has 0 radical (unpaired) electrons. The van der Waals surface area contributed by atoms with Gasteiger partial charge in [0.2, 0.25) is 0 Å². The van der Waals surface area contributed by atoms with Crippen LogP contribution in [0.25, 0.3) is 0 Å². The molecule has 18 heavy (non-hydrogen) atoms. The Labute approximate surface area is 110 Å². The lowest BCUT2D eigenvalue weighted by atomic mass is 9.87. The van der Waals surface area contributed by atoms with Crippen LogP contribution >= 0.6 is 0 Å². The third-order valence-electron chi connectivity index (χ3n) is 4.08. The van der Waals surface area contributed by atoms with Crippen LogP contribution in [0.2, 0.25) is 0 Å². The smallest absolute Gasteiger partial charge is 0.279 e. The maximum Gasteiger partial charge on any atom is 0.279 e. The van der Waals surface area contributed by atoms with Crippen molar-refractivity contribution in [2.75, 3.05) is 19.7 Å². The highest BCUT2D eigenvalue weighted by molar-refractivity contribution is 7.87. The highest BCUT2D eigenvalue weighted by Crippen LogP contribution is 2.24. The molecule has 5 nitrogen and oxygen atoms in total. The molecule has 2 aliphatic rings. The van der Waals surface area contributed by atoms with Gasteiger partial charge in [0.1, 0.15) is 0 Å². The van der Waals surface area contributed by atoms with Crippen LogP contribution in [-0.4, -0.2) is 43.6 Å². The second-order valence-corrected chi connectivity index (χ2v) is 7.19. The van der Waals surface area contributed by atoms with Gasteiger partial charge in [0.15, 0.2) is 0 Å². The van der Waals surface area contributed by atoms with E-state index in [0.717, 1.165) is 44.9 Å². The lowest BCUT2D eigenvalue weighted by Gasteiger charge is -2.31. The van der Waals surface area contributed by atoms with Crippen molar-refractivity contribution in [3.63, 3.8) is 0 Å². The predicted molar refractivity (Wildman–Crippen MR) is 70.3 cm³/mol. The number of aliphatic hydroxyl groups excluding tert-OH is 1. The van der Waals surface area contributed by atoms with E-state index in [0.29, 0.717) is 19.0 Å². The Morgan fingerprint density at radius 1 is 1.06 bits per heavy atom. The van der Waals surface area contributed by atoms with Gasteiger partial charge in [-0.1, -0.05) is 6.42 Å². The Morgan fingerprint density at radius 3 is 2.22 bits per heavy atom. The number of nitrogens with one attached hydrogen (secondary N) is 1. The van der Waals surface area contributed by atoms with Gasteiger partial charge in [0.25, 0.3) is 10.2 Å². The summed E-state index contributed by atoms with van der Waals surface area (Å²) in [6.07, 6.45) is 6.61. The molecule has 2 rings (SSSR count). The van der Waals surface area contributed by atoms with E-state index >= 15 is 0 Å². The van der Waals surface area contributed by atoms with E-state index in [4.69, 9.17) is 5.11 Å². The Hall–Kier alpha value is -0.170. The summed E-state index contributed by atoms with van der Waals surface area (Å²) in [6.45, 7) is 1.54. The summed E-state index contributed by atoms with van der Waals surface area (Å²) in [5.74, 6) is 0.362. The van der Waals surface area contributed by atoms with Crippen LogP contribution in [0.15, 0.2) is 0 Å². The van der Waals surface area contributed by atoms with Crippen LogP contribution in [0.4, 0.5) is 0 Å². The summed E-state index contributed by atoms with van der Waals surface area (Å²) in [5.41, 5.74) is 0. The summed E-state index contributed by atoms with van der Waals surface area (Å²) in [6, 6.07) is 0.0553. The van der Waals surface area contributed by atoms with Gasteiger partial charge in [-0.2, -0.15) is 17.4 Å². The quantitative estimate of drug-likeness (QED) is 0.800. The van der Waals surface area contributed by atoms with Gasteiger partial charge in [0.05, 0.1) is 0 Å². The molecule has 0 aromatic heterocycles. The average Bonchev–Trinajstić information content (AvgIpc) is 2.40. The molecule has 0 unspecified atom stereocenters. The van der Waals surface area contributed by atoms with Crippen molar-refractivity contribution in [3.05, 3.63) is 0 Å². The van der Waals surface area contributed by atoms with E-state index in [1.54, 1.807) is 4.31 Å². The average molecular weight is 276 g/mol. The second kappa shape index (κ2) is 6.32. The number of piperidine rings is 1. The van der Waals surface area contributed by atoms with Crippen molar-refractivity contribution in [1.29, 1.82) is 0 Å². The molecule has 1 aliphatic heterocycles. The first-order chi connectivity index (χ1) is 8.62. The van der Waals surface area contributed by atoms with Gasteiger partial charge in [-0.05, 0) is 44.4 Å². The number of aliphatic hydroxyl groups is 1. The van der Waals surface area contributed by atoms with Crippen LogP contribution < -0.4 is 4.72 Å². The van der Waals surface area contributed by atoms with Gasteiger partial charge in [-0.3, -0.25) is 0 Å². The topological polar surface area (TPSA) is 69.6 Å². The third-order valence-corrected chi connectivity index (χ3v) is 5.75. The molecular formula is C12H24N2O3S. The highest BCUT2D eigenvalue weighted by atomic mass is 32.2.